The van der Waals surface area contributed by atoms with Gasteiger partial charge in [-0.3, -0.25) is 14.6 Å². The molecule has 3 aliphatic heterocycles. The van der Waals surface area contributed by atoms with Crippen LogP contribution in [0.2, 0.25) is 0 Å². The Morgan fingerprint density at radius 2 is 2.00 bits per heavy atom. The fourth-order valence-corrected chi connectivity index (χ4v) is 5.97. The van der Waals surface area contributed by atoms with Crippen molar-refractivity contribution in [1.82, 2.24) is 9.80 Å². The van der Waals surface area contributed by atoms with Gasteiger partial charge in [0.05, 0.1) is 38.0 Å². The number of benzene rings is 2. The molecule has 2 N–H and O–H groups in total. The topological polar surface area (TPSA) is 71.3 Å². The molecule has 1 unspecified atom stereocenters. The highest BCUT2D eigenvalue weighted by Crippen LogP contribution is 2.42. The fraction of sp³-hybridized carbons (Fsp3) is 0.552. The van der Waals surface area contributed by atoms with E-state index in [9.17, 15) is 18.0 Å². The van der Waals surface area contributed by atoms with Crippen molar-refractivity contribution in [3.63, 3.8) is 0 Å². The molecule has 2 atom stereocenters. The van der Waals surface area contributed by atoms with Crippen LogP contribution in [0.5, 0.6) is 0 Å². The van der Waals surface area contributed by atoms with E-state index < -0.39 is 17.6 Å². The Labute approximate surface area is 227 Å². The van der Waals surface area contributed by atoms with Crippen LogP contribution in [0.3, 0.4) is 0 Å². The highest BCUT2D eigenvalue weighted by molar-refractivity contribution is 6.10. The van der Waals surface area contributed by atoms with Crippen LogP contribution >= 0.6 is 0 Å². The molecule has 2 aromatic rings. The lowest BCUT2D eigenvalue weighted by Gasteiger charge is -2.45. The van der Waals surface area contributed by atoms with Crippen LogP contribution in [0, 0.1) is 0 Å². The molecule has 5 rings (SSSR count). The molecular weight excluding hydrogens is 509 g/mol. The van der Waals surface area contributed by atoms with E-state index in [1.807, 2.05) is 32.2 Å². The molecule has 1 amide bonds. The summed E-state index contributed by atoms with van der Waals surface area (Å²) < 4.78 is 53.8. The molecule has 2 aromatic carbocycles. The average Bonchev–Trinajstić information content (AvgIpc) is 3.20. The lowest BCUT2D eigenvalue weighted by molar-refractivity contribution is -0.138. The monoisotopic (exact) mass is 546 g/mol. The normalized spacial score (nSPS) is 22.2. The number of rotatable bonds is 8. The molecule has 2 saturated heterocycles. The number of morpholine rings is 1. The van der Waals surface area contributed by atoms with E-state index in [1.165, 1.54) is 11.0 Å². The highest BCUT2D eigenvalue weighted by atomic mass is 19.4. The molecule has 212 valence electrons. The van der Waals surface area contributed by atoms with E-state index in [4.69, 9.17) is 15.2 Å². The maximum Gasteiger partial charge on any atom is 0.416 e. The van der Waals surface area contributed by atoms with Crippen LogP contribution in [0.25, 0.3) is 0 Å². The number of amides is 1. The van der Waals surface area contributed by atoms with Gasteiger partial charge < -0.3 is 20.1 Å². The minimum atomic E-state index is -4.56. The molecule has 3 aliphatic rings. The first-order valence-corrected chi connectivity index (χ1v) is 13.5. The van der Waals surface area contributed by atoms with Crippen molar-refractivity contribution in [1.29, 1.82) is 0 Å². The van der Waals surface area contributed by atoms with Crippen LogP contribution in [0.1, 0.15) is 52.9 Å². The fourth-order valence-electron chi connectivity index (χ4n) is 5.97. The van der Waals surface area contributed by atoms with Gasteiger partial charge in [0.1, 0.15) is 0 Å². The summed E-state index contributed by atoms with van der Waals surface area (Å²) in [6, 6.07) is 10.7. The van der Waals surface area contributed by atoms with Gasteiger partial charge in [-0.05, 0) is 68.3 Å². The lowest BCUT2D eigenvalue weighted by atomic mass is 9.73. The van der Waals surface area contributed by atoms with Gasteiger partial charge in [-0.1, -0.05) is 12.1 Å². The summed E-state index contributed by atoms with van der Waals surface area (Å²) in [5.41, 5.74) is 7.14. The third kappa shape index (κ3) is 5.58. The number of alkyl halides is 3. The molecule has 0 bridgehead atoms. The van der Waals surface area contributed by atoms with Crippen molar-refractivity contribution in [2.75, 3.05) is 51.5 Å². The second-order valence-electron chi connectivity index (χ2n) is 11.3. The Morgan fingerprint density at radius 3 is 2.64 bits per heavy atom. The van der Waals surface area contributed by atoms with Crippen molar-refractivity contribution in [3.05, 3.63) is 64.2 Å². The summed E-state index contributed by atoms with van der Waals surface area (Å²) in [5, 5.41) is 0. The Morgan fingerprint density at radius 1 is 1.23 bits per heavy atom. The number of hydrogen-bond acceptors (Lipinski definition) is 6. The Kier molecular flexibility index (Phi) is 7.78. The molecule has 0 aromatic heterocycles. The molecule has 2 fully saturated rings. The van der Waals surface area contributed by atoms with Crippen LogP contribution < -0.4 is 10.6 Å². The maximum atomic E-state index is 14.2. The number of halogens is 3. The second kappa shape index (κ2) is 10.8. The smallest absolute Gasteiger partial charge is 0.379 e. The number of ether oxygens (including phenoxy) is 2. The zero-order valence-electron chi connectivity index (χ0n) is 22.8. The van der Waals surface area contributed by atoms with Crippen LogP contribution in [-0.4, -0.2) is 74.5 Å². The molecule has 7 nitrogen and oxygen atoms in total. The van der Waals surface area contributed by atoms with Crippen molar-refractivity contribution in [2.45, 2.75) is 57.1 Å². The standard InChI is InChI=1S/C29H37F3N4O3/c1-19(34(3)18-33)12-28(16-38-17-28)22-5-4-6-23(11-22)36-15-25-24(27(36)37)9-21(10-26(25)29(30,31)32)14-35-7-8-39-20(2)13-35/h4-6,9-11,19-20H,7-8,12-18,33H2,1-3H3/t19?,20-/m0/s1. The van der Waals surface area contributed by atoms with Gasteiger partial charge >= 0.3 is 6.18 Å². The van der Waals surface area contributed by atoms with Crippen LogP contribution in [0.4, 0.5) is 18.9 Å². The van der Waals surface area contributed by atoms with Crippen LogP contribution in [-0.2, 0) is 34.2 Å². The largest absolute Gasteiger partial charge is 0.416 e. The van der Waals surface area contributed by atoms with Gasteiger partial charge in [0, 0.05) is 49.0 Å². The molecule has 39 heavy (non-hydrogen) atoms. The zero-order chi connectivity index (χ0) is 27.9. The number of hydrogen-bond donors (Lipinski definition) is 1. The third-order valence-electron chi connectivity index (χ3n) is 8.39. The Bertz CT molecular complexity index is 1220. The van der Waals surface area contributed by atoms with E-state index >= 15 is 0 Å². The van der Waals surface area contributed by atoms with E-state index in [1.54, 1.807) is 12.1 Å². The van der Waals surface area contributed by atoms with Gasteiger partial charge in [-0.25, -0.2) is 0 Å². The molecule has 0 saturated carbocycles. The molecule has 0 aliphatic carbocycles. The Hall–Kier alpha value is -2.50. The van der Waals surface area contributed by atoms with E-state index in [0.717, 1.165) is 12.0 Å². The minimum absolute atomic E-state index is 0.0164. The first-order chi connectivity index (χ1) is 18.5. The molecule has 3 heterocycles. The molecular formula is C29H37F3N4O3. The summed E-state index contributed by atoms with van der Waals surface area (Å²) in [7, 11) is 1.97. The van der Waals surface area contributed by atoms with Crippen LogP contribution in [0.15, 0.2) is 36.4 Å². The molecule has 10 heteroatoms. The van der Waals surface area contributed by atoms with Gasteiger partial charge in [-0.2, -0.15) is 13.2 Å². The van der Waals surface area contributed by atoms with E-state index in [-0.39, 0.29) is 35.2 Å². The maximum absolute atomic E-state index is 14.2. The predicted octanol–water partition coefficient (Wildman–Crippen LogP) is 3.98. The summed E-state index contributed by atoms with van der Waals surface area (Å²) in [4.78, 5) is 19.2. The number of nitrogens with zero attached hydrogens (tertiary/aromatic N) is 3. The molecule has 0 spiro atoms. The summed E-state index contributed by atoms with van der Waals surface area (Å²) in [6.07, 6.45) is -3.72. The first-order valence-electron chi connectivity index (χ1n) is 13.5. The van der Waals surface area contributed by atoms with Gasteiger partial charge in [0.25, 0.3) is 5.91 Å². The predicted molar refractivity (Wildman–Crippen MR) is 142 cm³/mol. The average molecular weight is 547 g/mol. The minimum Gasteiger partial charge on any atom is -0.379 e. The van der Waals surface area contributed by atoms with Crippen molar-refractivity contribution in [3.8, 4) is 0 Å². The highest BCUT2D eigenvalue weighted by Gasteiger charge is 2.44. The SMILES string of the molecule is CC(CC1(c2cccc(N3Cc4c(cc(CN5CCO[C@@H](C)C5)cc4C(F)(F)F)C3=O)c2)COC1)N(C)CN. The van der Waals surface area contributed by atoms with Crippen molar-refractivity contribution >= 4 is 11.6 Å². The number of anilines is 1. The van der Waals surface area contributed by atoms with Crippen molar-refractivity contribution in [2.24, 2.45) is 5.73 Å². The molecule has 0 radical (unpaired) electrons. The summed E-state index contributed by atoms with van der Waals surface area (Å²) in [6.45, 7) is 7.64. The summed E-state index contributed by atoms with van der Waals surface area (Å²) >= 11 is 0. The number of nitrogens with two attached hydrogens (primary N) is 1. The number of carbonyl (C=O) groups is 1. The third-order valence-corrected chi connectivity index (χ3v) is 8.39. The van der Waals surface area contributed by atoms with Gasteiger partial charge in [-0.15, -0.1) is 0 Å². The summed E-state index contributed by atoms with van der Waals surface area (Å²) in [5.74, 6) is -0.403. The lowest BCUT2D eigenvalue weighted by Crippen LogP contribution is -2.51. The van der Waals surface area contributed by atoms with E-state index in [0.29, 0.717) is 57.4 Å². The van der Waals surface area contributed by atoms with Gasteiger partial charge in [0.2, 0.25) is 0 Å². The second-order valence-corrected chi connectivity index (χ2v) is 11.3. The Balaban J connectivity index is 1.44. The van der Waals surface area contributed by atoms with Crippen molar-refractivity contribution < 1.29 is 27.4 Å². The van der Waals surface area contributed by atoms with E-state index in [2.05, 4.69) is 16.7 Å². The quantitative estimate of drug-likeness (QED) is 0.506. The zero-order valence-corrected chi connectivity index (χ0v) is 22.8. The van der Waals surface area contributed by atoms with Gasteiger partial charge in [0.15, 0.2) is 0 Å². The number of carbonyl (C=O) groups excluding carboxylic acids is 1. The first kappa shape index (κ1) is 28.0. The number of fused-ring (bicyclic) bond motifs is 1.